The molecule has 0 aliphatic heterocycles. The van der Waals surface area contributed by atoms with Crippen LogP contribution in [0.15, 0.2) is 52.3 Å². The fourth-order valence-electron chi connectivity index (χ4n) is 2.37. The minimum absolute atomic E-state index is 0.335. The summed E-state index contributed by atoms with van der Waals surface area (Å²) in [5.41, 5.74) is 0. The first-order chi connectivity index (χ1) is 9.84. The molecule has 1 aliphatic rings. The van der Waals surface area contributed by atoms with Crippen molar-refractivity contribution in [3.8, 4) is 5.75 Å². The molecule has 0 radical (unpaired) electrons. The van der Waals surface area contributed by atoms with Gasteiger partial charge in [0.25, 0.3) is 0 Å². The largest absolute Gasteiger partial charge is 0.508 e. The summed E-state index contributed by atoms with van der Waals surface area (Å²) in [6.07, 6.45) is 17.2. The predicted molar refractivity (Wildman–Crippen MR) is 88.1 cm³/mol. The zero-order valence-corrected chi connectivity index (χ0v) is 12.9. The SMILES string of the molecule is Oc1ccc(S/C2=C/C=C/CCCCCCCC2)cc1. The lowest BCUT2D eigenvalue weighted by atomic mass is 10.1. The molecular formula is C18H24OS. The van der Waals surface area contributed by atoms with E-state index in [-0.39, 0.29) is 0 Å². The summed E-state index contributed by atoms with van der Waals surface area (Å²) in [5.74, 6) is 0.335. The van der Waals surface area contributed by atoms with Crippen molar-refractivity contribution in [3.63, 3.8) is 0 Å². The van der Waals surface area contributed by atoms with Gasteiger partial charge in [0.15, 0.2) is 0 Å². The fourth-order valence-corrected chi connectivity index (χ4v) is 3.34. The summed E-state index contributed by atoms with van der Waals surface area (Å²) in [6, 6.07) is 7.49. The molecule has 0 unspecified atom stereocenters. The van der Waals surface area contributed by atoms with Gasteiger partial charge in [-0.2, -0.15) is 0 Å². The second-order valence-corrected chi connectivity index (χ2v) is 6.52. The van der Waals surface area contributed by atoms with Crippen molar-refractivity contribution in [1.29, 1.82) is 0 Å². The van der Waals surface area contributed by atoms with Gasteiger partial charge in [-0.05, 0) is 54.9 Å². The Bertz CT molecular complexity index is 445. The summed E-state index contributed by atoms with van der Waals surface area (Å²) >= 11 is 1.82. The summed E-state index contributed by atoms with van der Waals surface area (Å²) in [7, 11) is 0. The van der Waals surface area contributed by atoms with Crippen LogP contribution in [-0.2, 0) is 0 Å². The van der Waals surface area contributed by atoms with Gasteiger partial charge in [0.2, 0.25) is 0 Å². The van der Waals surface area contributed by atoms with E-state index in [0.29, 0.717) is 5.75 Å². The maximum Gasteiger partial charge on any atom is 0.115 e. The number of benzene rings is 1. The molecule has 1 nitrogen and oxygen atoms in total. The average Bonchev–Trinajstić information content (AvgIpc) is 2.44. The molecule has 0 saturated carbocycles. The molecule has 0 heterocycles. The van der Waals surface area contributed by atoms with Crippen LogP contribution in [-0.4, -0.2) is 5.11 Å². The van der Waals surface area contributed by atoms with Gasteiger partial charge >= 0.3 is 0 Å². The molecule has 0 atom stereocenters. The van der Waals surface area contributed by atoms with E-state index in [1.165, 1.54) is 54.7 Å². The molecule has 0 saturated heterocycles. The third kappa shape index (κ3) is 5.87. The van der Waals surface area contributed by atoms with Crippen LogP contribution in [0.1, 0.15) is 51.4 Å². The number of hydrogen-bond acceptors (Lipinski definition) is 2. The van der Waals surface area contributed by atoms with Crippen LogP contribution in [0.5, 0.6) is 5.75 Å². The van der Waals surface area contributed by atoms with E-state index >= 15 is 0 Å². The quantitative estimate of drug-likeness (QED) is 0.714. The summed E-state index contributed by atoms with van der Waals surface area (Å²) < 4.78 is 0. The van der Waals surface area contributed by atoms with Crippen LogP contribution in [0.25, 0.3) is 0 Å². The molecular weight excluding hydrogens is 264 g/mol. The molecule has 1 aliphatic carbocycles. The van der Waals surface area contributed by atoms with Crippen LogP contribution in [0, 0.1) is 0 Å². The van der Waals surface area contributed by atoms with Crippen LogP contribution in [0.2, 0.25) is 0 Å². The molecule has 1 N–H and O–H groups in total. The van der Waals surface area contributed by atoms with E-state index in [2.05, 4.69) is 18.2 Å². The molecule has 108 valence electrons. The maximum absolute atomic E-state index is 9.34. The Morgan fingerprint density at radius 2 is 1.55 bits per heavy atom. The third-order valence-electron chi connectivity index (χ3n) is 3.55. The third-order valence-corrected chi connectivity index (χ3v) is 4.66. The summed E-state index contributed by atoms with van der Waals surface area (Å²) in [6.45, 7) is 0. The molecule has 2 heteroatoms. The topological polar surface area (TPSA) is 20.2 Å². The predicted octanol–water partition coefficient (Wildman–Crippen LogP) is 6.06. The molecule has 0 amide bonds. The first-order valence-electron chi connectivity index (χ1n) is 7.67. The number of phenolic OH excluding ortho intramolecular Hbond substituents is 1. The normalized spacial score (nSPS) is 22.1. The number of rotatable bonds is 2. The van der Waals surface area contributed by atoms with Crippen molar-refractivity contribution in [1.82, 2.24) is 0 Å². The Balaban J connectivity index is 1.98. The van der Waals surface area contributed by atoms with Crippen LogP contribution in [0.3, 0.4) is 0 Å². The lowest BCUT2D eigenvalue weighted by Crippen LogP contribution is -1.84. The number of aromatic hydroxyl groups is 1. The van der Waals surface area contributed by atoms with Gasteiger partial charge in [0.05, 0.1) is 0 Å². The standard InChI is InChI=1S/C18H24OS/c19-16-12-14-18(15-13-16)20-17-10-8-6-4-2-1-3-5-7-9-11-17/h6,8,10,12-15,19H,1-5,7,9,11H2/b8-6+,17-10+. The number of thioether (sulfide) groups is 1. The Labute approximate surface area is 126 Å². The van der Waals surface area contributed by atoms with E-state index < -0.39 is 0 Å². The zero-order valence-electron chi connectivity index (χ0n) is 12.1. The molecule has 1 aromatic carbocycles. The monoisotopic (exact) mass is 288 g/mol. The van der Waals surface area contributed by atoms with Crippen molar-refractivity contribution in [3.05, 3.63) is 47.4 Å². The van der Waals surface area contributed by atoms with Gasteiger partial charge in [0, 0.05) is 4.90 Å². The van der Waals surface area contributed by atoms with Crippen LogP contribution >= 0.6 is 11.8 Å². The van der Waals surface area contributed by atoms with E-state index in [0.717, 1.165) is 6.42 Å². The first kappa shape index (κ1) is 15.2. The molecule has 0 aromatic heterocycles. The second-order valence-electron chi connectivity index (χ2n) is 5.32. The number of allylic oxidation sites excluding steroid dienone is 4. The van der Waals surface area contributed by atoms with Crippen LogP contribution in [0.4, 0.5) is 0 Å². The van der Waals surface area contributed by atoms with E-state index in [9.17, 15) is 5.11 Å². The van der Waals surface area contributed by atoms with Crippen molar-refractivity contribution in [2.45, 2.75) is 56.3 Å². The smallest absolute Gasteiger partial charge is 0.115 e. The highest BCUT2D eigenvalue weighted by Crippen LogP contribution is 2.31. The van der Waals surface area contributed by atoms with Gasteiger partial charge in [0.1, 0.15) is 5.75 Å². The summed E-state index contributed by atoms with van der Waals surface area (Å²) in [5, 5.41) is 9.34. The Morgan fingerprint density at radius 1 is 0.850 bits per heavy atom. The van der Waals surface area contributed by atoms with E-state index in [1.54, 1.807) is 12.1 Å². The van der Waals surface area contributed by atoms with Gasteiger partial charge in [-0.25, -0.2) is 0 Å². The Kier molecular flexibility index (Phi) is 6.79. The number of hydrogen-bond donors (Lipinski definition) is 1. The van der Waals surface area contributed by atoms with E-state index in [1.807, 2.05) is 23.9 Å². The van der Waals surface area contributed by atoms with Crippen molar-refractivity contribution in [2.75, 3.05) is 0 Å². The highest BCUT2D eigenvalue weighted by atomic mass is 32.2. The minimum atomic E-state index is 0.335. The van der Waals surface area contributed by atoms with Crippen molar-refractivity contribution in [2.24, 2.45) is 0 Å². The van der Waals surface area contributed by atoms with Crippen molar-refractivity contribution < 1.29 is 5.11 Å². The first-order valence-corrected chi connectivity index (χ1v) is 8.49. The van der Waals surface area contributed by atoms with Gasteiger partial charge < -0.3 is 5.11 Å². The van der Waals surface area contributed by atoms with Crippen LogP contribution < -0.4 is 0 Å². The second kappa shape index (κ2) is 8.91. The lowest BCUT2D eigenvalue weighted by molar-refractivity contribution is 0.475. The molecule has 2 rings (SSSR count). The summed E-state index contributed by atoms with van der Waals surface area (Å²) in [4.78, 5) is 2.63. The van der Waals surface area contributed by atoms with Gasteiger partial charge in [-0.1, -0.05) is 55.7 Å². The molecule has 0 fully saturated rings. The molecule has 0 spiro atoms. The van der Waals surface area contributed by atoms with Gasteiger partial charge in [-0.15, -0.1) is 0 Å². The molecule has 20 heavy (non-hydrogen) atoms. The van der Waals surface area contributed by atoms with E-state index in [4.69, 9.17) is 0 Å². The molecule has 1 aromatic rings. The highest BCUT2D eigenvalue weighted by Gasteiger charge is 2.02. The fraction of sp³-hybridized carbons (Fsp3) is 0.444. The molecule has 0 bridgehead atoms. The minimum Gasteiger partial charge on any atom is -0.508 e. The average molecular weight is 288 g/mol. The van der Waals surface area contributed by atoms with Gasteiger partial charge in [-0.3, -0.25) is 0 Å². The Morgan fingerprint density at radius 3 is 2.35 bits per heavy atom. The number of phenols is 1. The highest BCUT2D eigenvalue weighted by molar-refractivity contribution is 8.03. The zero-order chi connectivity index (χ0) is 14.0. The maximum atomic E-state index is 9.34. The lowest BCUT2D eigenvalue weighted by Gasteiger charge is -2.08. The van der Waals surface area contributed by atoms with Crippen molar-refractivity contribution >= 4 is 11.8 Å². The Hall–Kier alpha value is -1.15.